The van der Waals surface area contributed by atoms with Crippen molar-refractivity contribution in [2.75, 3.05) is 24.7 Å². The van der Waals surface area contributed by atoms with Crippen molar-refractivity contribution >= 4 is 26.2 Å². The number of ether oxygens (including phenoxy) is 3. The molecule has 3 atom stereocenters. The third kappa shape index (κ3) is 15.6. The van der Waals surface area contributed by atoms with Crippen LogP contribution in [0.4, 0.5) is 0 Å². The lowest BCUT2D eigenvalue weighted by Crippen LogP contribution is -2.36. The van der Waals surface area contributed by atoms with Crippen molar-refractivity contribution in [2.45, 2.75) is 134 Å². The van der Waals surface area contributed by atoms with Crippen molar-refractivity contribution in [3.8, 4) is 0 Å². The van der Waals surface area contributed by atoms with Gasteiger partial charge in [0.1, 0.15) is 0 Å². The molecule has 0 aromatic carbocycles. The first kappa shape index (κ1) is 32.8. The fourth-order valence-corrected chi connectivity index (χ4v) is 5.52. The first-order valence-electron chi connectivity index (χ1n) is 13.7. The number of carboxylic acids is 1. The molecule has 0 aliphatic heterocycles. The smallest absolute Gasteiger partial charge is 0.377 e. The number of thioether (sulfide) groups is 1. The molecule has 9 heteroatoms. The molecule has 35 heavy (non-hydrogen) atoms. The first-order valence-corrected chi connectivity index (χ1v) is 15.7. The number of aliphatic carboxylic acids is 1. The van der Waals surface area contributed by atoms with Crippen LogP contribution >= 0.6 is 20.2 Å². The molecule has 3 unspecified atom stereocenters. The van der Waals surface area contributed by atoms with Crippen LogP contribution in [0.3, 0.4) is 0 Å². The minimum absolute atomic E-state index is 0.0456. The van der Waals surface area contributed by atoms with Crippen LogP contribution in [0.5, 0.6) is 0 Å². The molecule has 2 N–H and O–H groups in total. The topological polar surface area (TPSA) is 102 Å². The van der Waals surface area contributed by atoms with Crippen molar-refractivity contribution < 1.29 is 33.8 Å². The number of rotatable bonds is 23. The van der Waals surface area contributed by atoms with E-state index in [-0.39, 0.29) is 18.8 Å². The molecule has 0 saturated heterocycles. The molecule has 7 nitrogen and oxygen atoms in total. The van der Waals surface area contributed by atoms with E-state index in [9.17, 15) is 14.5 Å². The van der Waals surface area contributed by atoms with Gasteiger partial charge >= 0.3 is 11.5 Å². The summed E-state index contributed by atoms with van der Waals surface area (Å²) in [5, 5.41) is 18.5. The Morgan fingerprint density at radius 2 is 1.66 bits per heavy atom. The highest BCUT2D eigenvalue weighted by Crippen LogP contribution is 2.25. The zero-order valence-electron chi connectivity index (χ0n) is 22.0. The number of aliphatic hydroxyl groups is 1. The summed E-state index contributed by atoms with van der Waals surface area (Å²) in [5.74, 6) is 0.913. The van der Waals surface area contributed by atoms with Crippen molar-refractivity contribution in [1.29, 1.82) is 0 Å². The van der Waals surface area contributed by atoms with Crippen LogP contribution in [0, 0.1) is 0 Å². The van der Waals surface area contributed by atoms with E-state index >= 15 is 0 Å². The van der Waals surface area contributed by atoms with Crippen molar-refractivity contribution in [2.24, 2.45) is 0 Å². The van der Waals surface area contributed by atoms with Crippen LogP contribution in [-0.4, -0.2) is 64.7 Å². The van der Waals surface area contributed by atoms with Gasteiger partial charge in [0.05, 0.1) is 24.9 Å². The lowest BCUT2D eigenvalue weighted by Gasteiger charge is -2.31. The van der Waals surface area contributed by atoms with Crippen LogP contribution in [0.1, 0.15) is 110 Å². The van der Waals surface area contributed by atoms with Gasteiger partial charge in [-0.05, 0) is 57.0 Å². The Balaban J connectivity index is 2.28. The van der Waals surface area contributed by atoms with Gasteiger partial charge in [0.25, 0.3) is 0 Å². The Morgan fingerprint density at radius 3 is 2.31 bits per heavy atom. The quantitative estimate of drug-likeness (QED) is 0.0835. The molecule has 0 amide bonds. The summed E-state index contributed by atoms with van der Waals surface area (Å²) < 4.78 is 28.2. The van der Waals surface area contributed by atoms with Crippen molar-refractivity contribution in [1.82, 2.24) is 0 Å². The van der Waals surface area contributed by atoms with Crippen molar-refractivity contribution in [3.05, 3.63) is 0 Å². The minimum atomic E-state index is -2.69. The van der Waals surface area contributed by atoms with Crippen LogP contribution in [0.25, 0.3) is 0 Å². The van der Waals surface area contributed by atoms with Gasteiger partial charge in [-0.1, -0.05) is 64.7 Å². The van der Waals surface area contributed by atoms with Crippen LogP contribution in [0.2, 0.25) is 0 Å². The Morgan fingerprint density at radius 1 is 1.00 bits per heavy atom. The molecule has 1 fully saturated rings. The largest absolute Gasteiger partial charge is 0.477 e. The van der Waals surface area contributed by atoms with Crippen LogP contribution < -0.4 is 0 Å². The van der Waals surface area contributed by atoms with Crippen LogP contribution in [0.15, 0.2) is 0 Å². The van der Waals surface area contributed by atoms with E-state index in [0.29, 0.717) is 19.1 Å². The van der Waals surface area contributed by atoms with Gasteiger partial charge in [0.2, 0.25) is 8.46 Å². The number of unbranched alkanes of at least 4 members (excludes halogenated alkanes) is 6. The molecule has 0 bridgehead atoms. The summed E-state index contributed by atoms with van der Waals surface area (Å²) >= 11 is 2.10. The summed E-state index contributed by atoms with van der Waals surface area (Å²) in [6, 6.07) is 0. The maximum absolute atomic E-state index is 10.9. The molecule has 1 aliphatic carbocycles. The van der Waals surface area contributed by atoms with Gasteiger partial charge in [-0.3, -0.25) is 4.57 Å². The van der Waals surface area contributed by atoms with Gasteiger partial charge < -0.3 is 24.4 Å². The second-order valence-corrected chi connectivity index (χ2v) is 11.6. The van der Waals surface area contributed by atoms with Gasteiger partial charge in [-0.15, -0.1) is 0 Å². The predicted molar refractivity (Wildman–Crippen MR) is 142 cm³/mol. The summed E-state index contributed by atoms with van der Waals surface area (Å²) in [6.07, 6.45) is 17.9. The zero-order valence-corrected chi connectivity index (χ0v) is 23.7. The first-order chi connectivity index (χ1) is 16.9. The maximum atomic E-state index is 10.9. The fraction of sp³-hybridized carbons (Fsp3) is 0.962. The molecule has 206 valence electrons. The second-order valence-electron chi connectivity index (χ2n) is 9.59. The molecule has 0 spiro atoms. The monoisotopic (exact) mass is 536 g/mol. The Hall–Kier alpha value is -0.240. The number of hydrogen-bond acceptors (Lipinski definition) is 7. The van der Waals surface area contributed by atoms with Gasteiger partial charge in [0.15, 0.2) is 0 Å². The lowest BCUT2D eigenvalue weighted by atomic mass is 9.97. The number of hydrogen-bond donors (Lipinski definition) is 2. The van der Waals surface area contributed by atoms with E-state index in [0.717, 1.165) is 25.7 Å². The van der Waals surface area contributed by atoms with E-state index in [1.54, 1.807) is 0 Å². The molecule has 0 radical (unpaired) electrons. The van der Waals surface area contributed by atoms with E-state index in [1.165, 1.54) is 75.7 Å². The molecule has 1 saturated carbocycles. The minimum Gasteiger partial charge on any atom is -0.477 e. The van der Waals surface area contributed by atoms with E-state index < -0.39 is 20.0 Å². The Kier molecular flexibility index (Phi) is 19.5. The number of carboxylic acid groups (broad SMARTS) is 1. The maximum Gasteiger partial charge on any atom is 0.377 e. The SMILES string of the molecule is CCCCCSCCCCCCCC(OC1CCCCC1)C(C)OCCCOC(O)(P=O)C(=O)O. The summed E-state index contributed by atoms with van der Waals surface area (Å²) in [6.45, 7) is 4.58. The predicted octanol–water partition coefficient (Wildman–Crippen LogP) is 6.80. The highest BCUT2D eigenvalue weighted by atomic mass is 32.2. The lowest BCUT2D eigenvalue weighted by molar-refractivity contribution is -0.190. The average Bonchev–Trinajstić information content (AvgIpc) is 2.86. The highest BCUT2D eigenvalue weighted by molar-refractivity contribution is 7.99. The third-order valence-corrected chi connectivity index (χ3v) is 8.21. The van der Waals surface area contributed by atoms with Gasteiger partial charge in [-0.2, -0.15) is 11.8 Å². The molecule has 1 aliphatic rings. The standard InChI is InChI=1S/C26H49O7PS/c1-3-4-12-20-35-21-13-7-5-6-11-17-24(33-23-15-9-8-10-16-23)22(2)31-18-14-19-32-26(29,34-30)25(27)28/h22-24,29H,3-21H2,1-2H3,(H,27,28). The number of carbonyl (C=O) groups is 1. The zero-order chi connectivity index (χ0) is 25.8. The third-order valence-electron chi connectivity index (χ3n) is 6.49. The van der Waals surface area contributed by atoms with Gasteiger partial charge in [0, 0.05) is 6.61 Å². The molecular formula is C26H49O7PS. The summed E-state index contributed by atoms with van der Waals surface area (Å²) in [7, 11) is -0.990. The summed E-state index contributed by atoms with van der Waals surface area (Å²) in [5.41, 5.74) is -2.69. The Bertz CT molecular complexity index is 548. The van der Waals surface area contributed by atoms with Crippen LogP contribution in [-0.2, 0) is 23.6 Å². The highest BCUT2D eigenvalue weighted by Gasteiger charge is 2.38. The normalized spacial score (nSPS) is 18.4. The molecule has 0 aromatic heterocycles. The van der Waals surface area contributed by atoms with E-state index in [2.05, 4.69) is 18.7 Å². The molecule has 0 heterocycles. The molecular weight excluding hydrogens is 487 g/mol. The van der Waals surface area contributed by atoms with Crippen molar-refractivity contribution in [3.63, 3.8) is 0 Å². The van der Waals surface area contributed by atoms with Gasteiger partial charge in [-0.25, -0.2) is 4.79 Å². The average molecular weight is 537 g/mol. The summed E-state index contributed by atoms with van der Waals surface area (Å²) in [4.78, 5) is 10.9. The fourth-order valence-electron chi connectivity index (χ4n) is 4.28. The second kappa shape index (κ2) is 20.8. The van der Waals surface area contributed by atoms with E-state index in [4.69, 9.17) is 19.3 Å². The molecule has 1 rings (SSSR count). The van der Waals surface area contributed by atoms with E-state index in [1.807, 2.05) is 6.92 Å². The molecule has 0 aromatic rings. The Labute approximate surface area is 218 Å².